The first-order valence-electron chi connectivity index (χ1n) is 9.16. The summed E-state index contributed by atoms with van der Waals surface area (Å²) < 4.78 is 30.1. The summed E-state index contributed by atoms with van der Waals surface area (Å²) in [5.74, 6) is 0.651. The molecule has 0 aromatic heterocycles. The number of rotatable bonds is 5. The van der Waals surface area contributed by atoms with E-state index in [1.165, 1.54) is 0 Å². The number of ether oxygens (including phenoxy) is 1. The van der Waals surface area contributed by atoms with E-state index in [9.17, 15) is 13.2 Å². The van der Waals surface area contributed by atoms with Crippen molar-refractivity contribution in [3.05, 3.63) is 59.1 Å². The lowest BCUT2D eigenvalue weighted by Crippen LogP contribution is -2.37. The molecule has 0 saturated carbocycles. The number of anilines is 1. The van der Waals surface area contributed by atoms with Gasteiger partial charge in [0.2, 0.25) is 0 Å². The van der Waals surface area contributed by atoms with Gasteiger partial charge in [0, 0.05) is 17.3 Å². The molecule has 2 fully saturated rings. The largest absolute Gasteiger partial charge is 0.494 e. The summed E-state index contributed by atoms with van der Waals surface area (Å²) in [6, 6.07) is 13.5. The second-order valence-electron chi connectivity index (χ2n) is 7.01. The molecule has 2 aromatic rings. The standard InChI is InChI=1S/C20H21ClN2O4S/c1-2-27-16-9-7-15(8-10-16)23-19-13-28(25,26)12-18(19)22(20(23)24)11-14-5-3-4-6-17(14)21/h3-10,18-19H,2,11-13H2,1H3/t18-,19-/m0/s1. The SMILES string of the molecule is CCOc1ccc(N2C(=O)N(Cc3ccccc3Cl)[C@H]3CS(=O)(=O)C[C@@H]32)cc1. The van der Waals surface area contributed by atoms with Gasteiger partial charge in [0.05, 0.1) is 30.2 Å². The number of carbonyl (C=O) groups excluding carboxylic acids is 1. The van der Waals surface area contributed by atoms with E-state index in [0.29, 0.717) is 23.1 Å². The Balaban J connectivity index is 1.67. The van der Waals surface area contributed by atoms with Crippen LogP contribution in [0, 0.1) is 0 Å². The molecule has 2 amide bonds. The van der Waals surface area contributed by atoms with E-state index >= 15 is 0 Å². The maximum Gasteiger partial charge on any atom is 0.325 e. The van der Waals surface area contributed by atoms with Crippen molar-refractivity contribution in [2.45, 2.75) is 25.6 Å². The fraction of sp³-hybridized carbons (Fsp3) is 0.350. The Morgan fingerprint density at radius 3 is 2.43 bits per heavy atom. The third kappa shape index (κ3) is 3.44. The summed E-state index contributed by atoms with van der Waals surface area (Å²) in [5.41, 5.74) is 1.47. The molecule has 2 aromatic carbocycles. The highest BCUT2D eigenvalue weighted by Gasteiger charge is 2.53. The maximum atomic E-state index is 13.2. The van der Waals surface area contributed by atoms with Gasteiger partial charge in [-0.25, -0.2) is 13.2 Å². The van der Waals surface area contributed by atoms with E-state index in [1.54, 1.807) is 40.1 Å². The zero-order chi connectivity index (χ0) is 19.9. The van der Waals surface area contributed by atoms with Crippen molar-refractivity contribution < 1.29 is 17.9 Å². The van der Waals surface area contributed by atoms with Crippen molar-refractivity contribution >= 4 is 33.2 Å². The van der Waals surface area contributed by atoms with Crippen LogP contribution in [0.3, 0.4) is 0 Å². The minimum absolute atomic E-state index is 0.0264. The number of urea groups is 1. The summed E-state index contributed by atoms with van der Waals surface area (Å²) >= 11 is 6.27. The van der Waals surface area contributed by atoms with Gasteiger partial charge in [-0.1, -0.05) is 29.8 Å². The number of halogens is 1. The Morgan fingerprint density at radius 2 is 1.75 bits per heavy atom. The Kier molecular flexibility index (Phi) is 4.97. The minimum Gasteiger partial charge on any atom is -0.494 e. The van der Waals surface area contributed by atoms with Gasteiger partial charge >= 0.3 is 6.03 Å². The van der Waals surface area contributed by atoms with E-state index < -0.39 is 15.9 Å². The monoisotopic (exact) mass is 420 g/mol. The second-order valence-corrected chi connectivity index (χ2v) is 9.57. The smallest absolute Gasteiger partial charge is 0.325 e. The lowest BCUT2D eigenvalue weighted by Gasteiger charge is -2.23. The van der Waals surface area contributed by atoms with Crippen molar-refractivity contribution in [1.82, 2.24) is 4.90 Å². The van der Waals surface area contributed by atoms with Crippen LogP contribution in [0.15, 0.2) is 48.5 Å². The summed E-state index contributed by atoms with van der Waals surface area (Å²) in [7, 11) is -3.22. The molecule has 0 radical (unpaired) electrons. The molecule has 0 unspecified atom stereocenters. The first-order chi connectivity index (χ1) is 13.4. The lowest BCUT2D eigenvalue weighted by molar-refractivity contribution is 0.206. The Labute approximate surface area is 169 Å². The van der Waals surface area contributed by atoms with Gasteiger partial charge in [0.1, 0.15) is 5.75 Å². The van der Waals surface area contributed by atoms with Crippen LogP contribution in [0.2, 0.25) is 5.02 Å². The predicted octanol–water partition coefficient (Wildman–Crippen LogP) is 3.35. The fourth-order valence-electron chi connectivity index (χ4n) is 3.94. The summed E-state index contributed by atoms with van der Waals surface area (Å²) in [6.07, 6.45) is 0. The van der Waals surface area contributed by atoms with Gasteiger partial charge in [0.25, 0.3) is 0 Å². The molecule has 2 aliphatic rings. The van der Waals surface area contributed by atoms with Gasteiger partial charge in [-0.15, -0.1) is 0 Å². The zero-order valence-electron chi connectivity index (χ0n) is 15.4. The number of carbonyl (C=O) groups is 1. The molecule has 0 aliphatic carbocycles. The summed E-state index contributed by atoms with van der Waals surface area (Å²) in [5, 5.41) is 0.562. The van der Waals surface area contributed by atoms with Gasteiger partial charge < -0.3 is 9.64 Å². The molecule has 28 heavy (non-hydrogen) atoms. The third-order valence-corrected chi connectivity index (χ3v) is 7.27. The molecule has 2 aliphatic heterocycles. The van der Waals surface area contributed by atoms with Crippen molar-refractivity contribution in [1.29, 1.82) is 0 Å². The molecule has 148 valence electrons. The topological polar surface area (TPSA) is 66.9 Å². The van der Waals surface area contributed by atoms with Gasteiger partial charge in [-0.2, -0.15) is 0 Å². The molecular formula is C20H21ClN2O4S. The first-order valence-corrected chi connectivity index (χ1v) is 11.4. The summed E-state index contributed by atoms with van der Waals surface area (Å²) in [4.78, 5) is 16.5. The van der Waals surface area contributed by atoms with Crippen LogP contribution >= 0.6 is 11.6 Å². The Morgan fingerprint density at radius 1 is 1.07 bits per heavy atom. The quantitative estimate of drug-likeness (QED) is 0.696. The molecule has 0 bridgehead atoms. The van der Waals surface area contributed by atoms with Crippen LogP contribution in [0.1, 0.15) is 12.5 Å². The second kappa shape index (κ2) is 7.29. The predicted molar refractivity (Wildman–Crippen MR) is 109 cm³/mol. The summed E-state index contributed by atoms with van der Waals surface area (Å²) in [6.45, 7) is 2.73. The Bertz CT molecular complexity index is 994. The minimum atomic E-state index is -3.22. The fourth-order valence-corrected chi connectivity index (χ4v) is 6.09. The molecule has 4 rings (SSSR count). The number of fused-ring (bicyclic) bond motifs is 1. The van der Waals surface area contributed by atoms with Crippen molar-refractivity contribution in [3.8, 4) is 5.75 Å². The highest BCUT2D eigenvalue weighted by atomic mass is 35.5. The van der Waals surface area contributed by atoms with Crippen molar-refractivity contribution in [2.24, 2.45) is 0 Å². The van der Waals surface area contributed by atoms with Gasteiger partial charge in [-0.05, 0) is 42.8 Å². The molecular weight excluding hydrogens is 400 g/mol. The van der Waals surface area contributed by atoms with Gasteiger partial charge in [0.15, 0.2) is 9.84 Å². The molecule has 8 heteroatoms. The average molecular weight is 421 g/mol. The van der Waals surface area contributed by atoms with Crippen LogP contribution in [-0.4, -0.2) is 49.5 Å². The number of amides is 2. The lowest BCUT2D eigenvalue weighted by atomic mass is 10.1. The highest BCUT2D eigenvalue weighted by molar-refractivity contribution is 7.91. The maximum absolute atomic E-state index is 13.2. The molecule has 2 heterocycles. The third-order valence-electron chi connectivity index (χ3n) is 5.20. The van der Waals surface area contributed by atoms with Crippen molar-refractivity contribution in [2.75, 3.05) is 23.0 Å². The van der Waals surface area contributed by atoms with Crippen LogP contribution in [0.25, 0.3) is 0 Å². The molecule has 6 nitrogen and oxygen atoms in total. The highest BCUT2D eigenvalue weighted by Crippen LogP contribution is 2.37. The van der Waals surface area contributed by atoms with Crippen LogP contribution in [-0.2, 0) is 16.4 Å². The molecule has 0 spiro atoms. The Hall–Kier alpha value is -2.25. The van der Waals surface area contributed by atoms with Crippen LogP contribution < -0.4 is 9.64 Å². The normalized spacial score (nSPS) is 23.1. The first kappa shape index (κ1) is 19.1. The number of hydrogen-bond donors (Lipinski definition) is 0. The van der Waals surface area contributed by atoms with Crippen molar-refractivity contribution in [3.63, 3.8) is 0 Å². The number of sulfone groups is 1. The van der Waals surface area contributed by atoms with E-state index in [4.69, 9.17) is 16.3 Å². The van der Waals surface area contributed by atoms with E-state index in [-0.39, 0.29) is 30.1 Å². The van der Waals surface area contributed by atoms with E-state index in [2.05, 4.69) is 0 Å². The van der Waals surface area contributed by atoms with Crippen LogP contribution in [0.5, 0.6) is 5.75 Å². The molecule has 2 atom stereocenters. The zero-order valence-corrected chi connectivity index (χ0v) is 17.0. The van der Waals surface area contributed by atoms with E-state index in [0.717, 1.165) is 5.56 Å². The molecule has 2 saturated heterocycles. The number of benzene rings is 2. The molecule has 0 N–H and O–H groups in total. The van der Waals surface area contributed by atoms with E-state index in [1.807, 2.05) is 25.1 Å². The number of hydrogen-bond acceptors (Lipinski definition) is 4. The van der Waals surface area contributed by atoms with Gasteiger partial charge in [-0.3, -0.25) is 4.90 Å². The van der Waals surface area contributed by atoms with Crippen LogP contribution in [0.4, 0.5) is 10.5 Å². The number of nitrogens with zero attached hydrogens (tertiary/aromatic N) is 2. The average Bonchev–Trinajstić information content (AvgIpc) is 3.08.